The molecule has 0 aliphatic carbocycles. The number of unbranched alkanes of at least 4 members (excludes halogenated alkanes) is 13. The molecule has 1 rings (SSSR count). The van der Waals surface area contributed by atoms with Crippen molar-refractivity contribution < 1.29 is 4.74 Å². The molecule has 0 saturated carbocycles. The maximum absolute atomic E-state index is 5.41. The standard InChI is InChI=1S/C21H44N2O.BrH/c1-3-4-5-6-7-8-9-10-11-12-13-14-15-16-17-22(2)23-18-20-24-21-19-23;/h3-21H2,1-2H3;1H. The van der Waals surface area contributed by atoms with Crippen LogP contribution < -0.4 is 0 Å². The van der Waals surface area contributed by atoms with Gasteiger partial charge in [0.2, 0.25) is 0 Å². The van der Waals surface area contributed by atoms with E-state index >= 15 is 0 Å². The van der Waals surface area contributed by atoms with Gasteiger partial charge in [0.15, 0.2) is 0 Å². The Kier molecular flexibility index (Phi) is 19.4. The zero-order chi connectivity index (χ0) is 17.3. The summed E-state index contributed by atoms with van der Waals surface area (Å²) in [5, 5.41) is 4.84. The predicted octanol–water partition coefficient (Wildman–Crippen LogP) is 6.22. The van der Waals surface area contributed by atoms with Crippen molar-refractivity contribution in [2.75, 3.05) is 39.9 Å². The van der Waals surface area contributed by atoms with Gasteiger partial charge in [-0.15, -0.1) is 17.0 Å². The lowest BCUT2D eigenvalue weighted by Crippen LogP contribution is -2.47. The van der Waals surface area contributed by atoms with Crippen molar-refractivity contribution in [2.24, 2.45) is 0 Å². The second kappa shape index (κ2) is 19.1. The van der Waals surface area contributed by atoms with Crippen molar-refractivity contribution in [1.82, 2.24) is 10.0 Å². The van der Waals surface area contributed by atoms with Crippen molar-refractivity contribution >= 4 is 17.0 Å². The maximum atomic E-state index is 5.41. The number of nitrogens with zero attached hydrogens (tertiary/aromatic N) is 2. The lowest BCUT2D eigenvalue weighted by Gasteiger charge is -2.34. The number of ether oxygens (including phenoxy) is 1. The number of morpholine rings is 1. The fraction of sp³-hybridized carbons (Fsp3) is 1.00. The Morgan fingerprint density at radius 3 is 1.52 bits per heavy atom. The van der Waals surface area contributed by atoms with Gasteiger partial charge in [-0.2, -0.15) is 0 Å². The Morgan fingerprint density at radius 2 is 1.08 bits per heavy atom. The summed E-state index contributed by atoms with van der Waals surface area (Å²) >= 11 is 0. The molecular weight excluding hydrogens is 376 g/mol. The fourth-order valence-corrected chi connectivity index (χ4v) is 3.57. The molecule has 1 heterocycles. The van der Waals surface area contributed by atoms with E-state index in [0.717, 1.165) is 26.3 Å². The molecule has 1 fully saturated rings. The number of hydrogen-bond donors (Lipinski definition) is 0. The van der Waals surface area contributed by atoms with Gasteiger partial charge in [0, 0.05) is 26.7 Å². The second-order valence-corrected chi connectivity index (χ2v) is 7.54. The first kappa shape index (κ1) is 25.4. The largest absolute Gasteiger partial charge is 0.379 e. The molecule has 0 spiro atoms. The predicted molar refractivity (Wildman–Crippen MR) is 116 cm³/mol. The van der Waals surface area contributed by atoms with E-state index in [0.29, 0.717) is 0 Å². The van der Waals surface area contributed by atoms with Crippen LogP contribution in [0.2, 0.25) is 0 Å². The van der Waals surface area contributed by atoms with E-state index < -0.39 is 0 Å². The average molecular weight is 422 g/mol. The van der Waals surface area contributed by atoms with Crippen LogP contribution in [0.3, 0.4) is 0 Å². The number of hydrogen-bond acceptors (Lipinski definition) is 3. The third-order valence-electron chi connectivity index (χ3n) is 5.31. The minimum absolute atomic E-state index is 0. The Morgan fingerprint density at radius 1 is 0.680 bits per heavy atom. The summed E-state index contributed by atoms with van der Waals surface area (Å²) in [6.07, 6.45) is 20.1. The molecule has 0 N–H and O–H groups in total. The summed E-state index contributed by atoms with van der Waals surface area (Å²) < 4.78 is 5.41. The topological polar surface area (TPSA) is 15.7 Å². The van der Waals surface area contributed by atoms with E-state index in [1.807, 2.05) is 0 Å². The monoisotopic (exact) mass is 420 g/mol. The van der Waals surface area contributed by atoms with Crippen LogP contribution in [0.4, 0.5) is 0 Å². The second-order valence-electron chi connectivity index (χ2n) is 7.54. The van der Waals surface area contributed by atoms with Gasteiger partial charge in [0.1, 0.15) is 0 Å². The quantitative estimate of drug-likeness (QED) is 0.275. The molecule has 0 aromatic heterocycles. The first-order chi connectivity index (χ1) is 11.8. The summed E-state index contributed by atoms with van der Waals surface area (Å²) in [7, 11) is 2.23. The third-order valence-corrected chi connectivity index (χ3v) is 5.31. The molecule has 152 valence electrons. The number of rotatable bonds is 16. The molecule has 0 unspecified atom stereocenters. The van der Waals surface area contributed by atoms with Crippen molar-refractivity contribution in [2.45, 2.75) is 96.8 Å². The van der Waals surface area contributed by atoms with Crippen LogP contribution in [0.1, 0.15) is 96.8 Å². The molecule has 4 heteroatoms. The Bertz CT molecular complexity index is 260. The summed E-state index contributed by atoms with van der Waals surface area (Å²) in [5.74, 6) is 0. The molecule has 0 atom stereocenters. The van der Waals surface area contributed by atoms with E-state index in [4.69, 9.17) is 4.74 Å². The molecule has 25 heavy (non-hydrogen) atoms. The van der Waals surface area contributed by atoms with Crippen molar-refractivity contribution in [3.05, 3.63) is 0 Å². The van der Waals surface area contributed by atoms with Crippen LogP contribution in [-0.2, 0) is 4.74 Å². The number of halogens is 1. The van der Waals surface area contributed by atoms with Crippen LogP contribution in [0.15, 0.2) is 0 Å². The van der Waals surface area contributed by atoms with Crippen LogP contribution in [0, 0.1) is 0 Å². The smallest absolute Gasteiger partial charge is 0.0608 e. The van der Waals surface area contributed by atoms with Gasteiger partial charge in [-0.25, -0.2) is 10.0 Å². The van der Waals surface area contributed by atoms with E-state index in [9.17, 15) is 0 Å². The average Bonchev–Trinajstić information content (AvgIpc) is 2.62. The van der Waals surface area contributed by atoms with Crippen molar-refractivity contribution in [3.63, 3.8) is 0 Å². The van der Waals surface area contributed by atoms with Gasteiger partial charge in [0.25, 0.3) is 0 Å². The fourth-order valence-electron chi connectivity index (χ4n) is 3.57. The SMILES string of the molecule is Br.CCCCCCCCCCCCCCCCN(C)N1CCOCC1. The van der Waals surface area contributed by atoms with Crippen LogP contribution in [0.25, 0.3) is 0 Å². The Hall–Kier alpha value is 0.360. The Balaban J connectivity index is 0.00000576. The minimum Gasteiger partial charge on any atom is -0.379 e. The van der Waals surface area contributed by atoms with Gasteiger partial charge in [0.05, 0.1) is 13.2 Å². The minimum atomic E-state index is 0. The molecule has 1 aliphatic rings. The molecule has 0 aromatic rings. The highest BCUT2D eigenvalue weighted by atomic mass is 79.9. The van der Waals surface area contributed by atoms with E-state index in [1.54, 1.807) is 0 Å². The molecular formula is C21H45BrN2O. The van der Waals surface area contributed by atoms with E-state index in [2.05, 4.69) is 24.0 Å². The van der Waals surface area contributed by atoms with Crippen LogP contribution >= 0.6 is 17.0 Å². The lowest BCUT2D eigenvalue weighted by atomic mass is 10.0. The highest BCUT2D eigenvalue weighted by molar-refractivity contribution is 8.93. The molecule has 3 nitrogen and oxygen atoms in total. The van der Waals surface area contributed by atoms with Crippen molar-refractivity contribution in [1.29, 1.82) is 0 Å². The summed E-state index contributed by atoms with van der Waals surface area (Å²) in [6.45, 7) is 7.41. The van der Waals surface area contributed by atoms with Gasteiger partial charge in [-0.05, 0) is 6.42 Å². The van der Waals surface area contributed by atoms with Crippen LogP contribution in [0.5, 0.6) is 0 Å². The van der Waals surface area contributed by atoms with Gasteiger partial charge < -0.3 is 4.74 Å². The Labute approximate surface area is 168 Å². The lowest BCUT2D eigenvalue weighted by molar-refractivity contribution is -0.0759. The summed E-state index contributed by atoms with van der Waals surface area (Å²) in [6, 6.07) is 0. The third kappa shape index (κ3) is 15.1. The van der Waals surface area contributed by atoms with Gasteiger partial charge >= 0.3 is 0 Å². The molecule has 1 aliphatic heterocycles. The van der Waals surface area contributed by atoms with E-state index in [1.165, 1.54) is 96.4 Å². The zero-order valence-corrected chi connectivity index (χ0v) is 18.9. The molecule has 0 amide bonds. The zero-order valence-electron chi connectivity index (χ0n) is 17.1. The number of hydrazine groups is 1. The maximum Gasteiger partial charge on any atom is 0.0608 e. The van der Waals surface area contributed by atoms with Gasteiger partial charge in [-0.3, -0.25) is 0 Å². The first-order valence-electron chi connectivity index (χ1n) is 10.9. The summed E-state index contributed by atoms with van der Waals surface area (Å²) in [5.41, 5.74) is 0. The molecule has 0 bridgehead atoms. The highest BCUT2D eigenvalue weighted by Crippen LogP contribution is 2.13. The normalized spacial score (nSPS) is 15.5. The van der Waals surface area contributed by atoms with Crippen molar-refractivity contribution in [3.8, 4) is 0 Å². The van der Waals surface area contributed by atoms with Crippen LogP contribution in [-0.4, -0.2) is 49.9 Å². The molecule has 0 aromatic carbocycles. The van der Waals surface area contributed by atoms with Gasteiger partial charge in [-0.1, -0.05) is 90.4 Å². The van der Waals surface area contributed by atoms with E-state index in [-0.39, 0.29) is 17.0 Å². The first-order valence-corrected chi connectivity index (χ1v) is 10.9. The summed E-state index contributed by atoms with van der Waals surface area (Å²) in [4.78, 5) is 0. The molecule has 1 saturated heterocycles. The molecule has 0 radical (unpaired) electrons. The highest BCUT2D eigenvalue weighted by Gasteiger charge is 2.13.